The Labute approximate surface area is 174 Å². The Morgan fingerprint density at radius 1 is 1.07 bits per heavy atom. The molecule has 2 aromatic carbocycles. The molecule has 1 aromatic heterocycles. The van der Waals surface area contributed by atoms with E-state index in [0.29, 0.717) is 16.5 Å². The second-order valence-corrected chi connectivity index (χ2v) is 7.48. The lowest BCUT2D eigenvalue weighted by atomic mass is 10.2. The van der Waals surface area contributed by atoms with Gasteiger partial charge in [-0.25, -0.2) is 4.68 Å². The first-order chi connectivity index (χ1) is 13.7. The van der Waals surface area contributed by atoms with Crippen molar-refractivity contribution in [2.45, 2.75) is 6.67 Å². The highest BCUT2D eigenvalue weighted by molar-refractivity contribution is 7.71. The predicted molar refractivity (Wildman–Crippen MR) is 114 cm³/mol. The topological polar surface area (TPSA) is 38.5 Å². The van der Waals surface area contributed by atoms with Crippen LogP contribution < -0.4 is 9.64 Å². The van der Waals surface area contributed by atoms with E-state index < -0.39 is 0 Å². The standard InChI is InChI=1S/C20H22ClN5OS/c1-27-19-8-3-2-7-18(19)24-11-9-23(10-12-24)15-26-20(28)25(14-22-26)17-6-4-5-16(21)13-17/h2-8,13-14H,9-12,15H2,1H3. The van der Waals surface area contributed by atoms with Crippen molar-refractivity contribution in [3.8, 4) is 11.4 Å². The summed E-state index contributed by atoms with van der Waals surface area (Å²) in [7, 11) is 1.72. The fourth-order valence-corrected chi connectivity index (χ4v) is 3.89. The van der Waals surface area contributed by atoms with Crippen LogP contribution >= 0.6 is 23.8 Å². The molecule has 0 atom stereocenters. The van der Waals surface area contributed by atoms with E-state index >= 15 is 0 Å². The van der Waals surface area contributed by atoms with Crippen molar-refractivity contribution in [3.05, 3.63) is 64.7 Å². The number of hydrogen-bond donors (Lipinski definition) is 0. The summed E-state index contributed by atoms with van der Waals surface area (Å²) in [6, 6.07) is 15.8. The van der Waals surface area contributed by atoms with Crippen molar-refractivity contribution in [1.29, 1.82) is 0 Å². The van der Waals surface area contributed by atoms with Gasteiger partial charge < -0.3 is 9.64 Å². The number of anilines is 1. The van der Waals surface area contributed by atoms with Crippen LogP contribution in [0.1, 0.15) is 0 Å². The zero-order valence-corrected chi connectivity index (χ0v) is 17.2. The number of hydrogen-bond acceptors (Lipinski definition) is 5. The minimum Gasteiger partial charge on any atom is -0.495 e. The zero-order valence-electron chi connectivity index (χ0n) is 15.7. The van der Waals surface area contributed by atoms with Crippen LogP contribution in [0.2, 0.25) is 5.02 Å². The minimum atomic E-state index is 0.662. The van der Waals surface area contributed by atoms with Crippen LogP contribution in [0.4, 0.5) is 5.69 Å². The molecule has 0 amide bonds. The summed E-state index contributed by atoms with van der Waals surface area (Å²) in [5.41, 5.74) is 2.07. The van der Waals surface area contributed by atoms with Gasteiger partial charge in [-0.15, -0.1) is 0 Å². The van der Waals surface area contributed by atoms with E-state index in [-0.39, 0.29) is 0 Å². The molecule has 2 heterocycles. The SMILES string of the molecule is COc1ccccc1N1CCN(Cn2ncn(-c3cccc(Cl)c3)c2=S)CC1. The Morgan fingerprint density at radius 3 is 2.61 bits per heavy atom. The highest BCUT2D eigenvalue weighted by atomic mass is 35.5. The lowest BCUT2D eigenvalue weighted by Crippen LogP contribution is -2.47. The van der Waals surface area contributed by atoms with E-state index in [9.17, 15) is 0 Å². The van der Waals surface area contributed by atoms with Crippen molar-refractivity contribution in [2.24, 2.45) is 0 Å². The number of ether oxygens (including phenoxy) is 1. The molecule has 3 aromatic rings. The first-order valence-electron chi connectivity index (χ1n) is 9.16. The third-order valence-electron chi connectivity index (χ3n) is 4.95. The molecule has 1 fully saturated rings. The number of nitrogens with zero attached hydrogens (tertiary/aromatic N) is 5. The largest absolute Gasteiger partial charge is 0.495 e. The van der Waals surface area contributed by atoms with Gasteiger partial charge in [0.05, 0.1) is 25.2 Å². The van der Waals surface area contributed by atoms with Crippen molar-refractivity contribution in [3.63, 3.8) is 0 Å². The monoisotopic (exact) mass is 415 g/mol. The van der Waals surface area contributed by atoms with Crippen molar-refractivity contribution >= 4 is 29.5 Å². The second-order valence-electron chi connectivity index (χ2n) is 6.68. The van der Waals surface area contributed by atoms with Gasteiger partial charge in [-0.2, -0.15) is 5.10 Å². The summed E-state index contributed by atoms with van der Waals surface area (Å²) in [6.45, 7) is 4.41. The van der Waals surface area contributed by atoms with E-state index in [1.165, 1.54) is 0 Å². The molecule has 1 aliphatic rings. The van der Waals surface area contributed by atoms with E-state index in [1.54, 1.807) is 13.4 Å². The number of halogens is 1. The van der Waals surface area contributed by atoms with Crippen LogP contribution in [0.3, 0.4) is 0 Å². The number of piperazine rings is 1. The Bertz CT molecular complexity index is 1010. The third kappa shape index (κ3) is 3.92. The quantitative estimate of drug-likeness (QED) is 0.592. The summed E-state index contributed by atoms with van der Waals surface area (Å²) in [6.07, 6.45) is 1.75. The van der Waals surface area contributed by atoms with Crippen LogP contribution in [-0.4, -0.2) is 52.5 Å². The maximum atomic E-state index is 6.10. The first kappa shape index (κ1) is 19.0. The molecule has 28 heavy (non-hydrogen) atoms. The average Bonchev–Trinajstić information content (AvgIpc) is 3.09. The van der Waals surface area contributed by atoms with Gasteiger partial charge in [0.25, 0.3) is 0 Å². The van der Waals surface area contributed by atoms with E-state index in [1.807, 2.05) is 51.7 Å². The Hall–Kier alpha value is -2.35. The number of rotatable bonds is 5. The summed E-state index contributed by atoms with van der Waals surface area (Å²) < 4.78 is 9.89. The lowest BCUT2D eigenvalue weighted by Gasteiger charge is -2.36. The van der Waals surface area contributed by atoms with Crippen LogP contribution in [0.25, 0.3) is 5.69 Å². The molecule has 0 radical (unpaired) electrons. The maximum Gasteiger partial charge on any atom is 0.203 e. The van der Waals surface area contributed by atoms with Gasteiger partial charge in [0.2, 0.25) is 4.77 Å². The normalized spacial score (nSPS) is 15.0. The second kappa shape index (κ2) is 8.34. The highest BCUT2D eigenvalue weighted by Crippen LogP contribution is 2.28. The maximum absolute atomic E-state index is 6.10. The summed E-state index contributed by atoms with van der Waals surface area (Å²) in [5.74, 6) is 0.915. The Kier molecular flexibility index (Phi) is 5.66. The number of methoxy groups -OCH3 is 1. The van der Waals surface area contributed by atoms with Gasteiger partial charge in [-0.1, -0.05) is 29.8 Å². The number of aromatic nitrogens is 3. The fourth-order valence-electron chi connectivity index (χ4n) is 3.45. The Morgan fingerprint density at radius 2 is 1.86 bits per heavy atom. The first-order valence-corrected chi connectivity index (χ1v) is 9.95. The van der Waals surface area contributed by atoms with Crippen molar-refractivity contribution in [2.75, 3.05) is 38.2 Å². The molecule has 4 rings (SSSR count). The van der Waals surface area contributed by atoms with Crippen LogP contribution in [0.15, 0.2) is 54.9 Å². The predicted octanol–water partition coefficient (Wildman–Crippen LogP) is 3.84. The van der Waals surface area contributed by atoms with Crippen molar-refractivity contribution in [1.82, 2.24) is 19.2 Å². The molecule has 8 heteroatoms. The van der Waals surface area contributed by atoms with Crippen molar-refractivity contribution < 1.29 is 4.74 Å². The summed E-state index contributed by atoms with van der Waals surface area (Å²) in [4.78, 5) is 4.72. The number of benzene rings is 2. The molecule has 6 nitrogen and oxygen atoms in total. The molecule has 0 unspecified atom stereocenters. The minimum absolute atomic E-state index is 0.662. The fraction of sp³-hybridized carbons (Fsp3) is 0.300. The molecule has 1 aliphatic heterocycles. The molecular formula is C20H22ClN5OS. The van der Waals surface area contributed by atoms with E-state index in [4.69, 9.17) is 28.6 Å². The smallest absolute Gasteiger partial charge is 0.203 e. The van der Waals surface area contributed by atoms with Gasteiger partial charge in [0, 0.05) is 31.2 Å². The van der Waals surface area contributed by atoms with Gasteiger partial charge in [0.15, 0.2) is 0 Å². The third-order valence-corrected chi connectivity index (χ3v) is 5.59. The van der Waals surface area contributed by atoms with E-state index in [0.717, 1.165) is 43.3 Å². The molecule has 1 saturated heterocycles. The zero-order chi connectivity index (χ0) is 19.5. The van der Waals surface area contributed by atoms with Gasteiger partial charge in [-0.05, 0) is 42.5 Å². The molecule has 0 saturated carbocycles. The molecular weight excluding hydrogens is 394 g/mol. The molecule has 0 bridgehead atoms. The molecule has 0 aliphatic carbocycles. The molecule has 146 valence electrons. The van der Waals surface area contributed by atoms with Crippen LogP contribution in [-0.2, 0) is 6.67 Å². The average molecular weight is 416 g/mol. The Balaban J connectivity index is 1.42. The molecule has 0 N–H and O–H groups in total. The lowest BCUT2D eigenvalue weighted by molar-refractivity contribution is 0.194. The molecule has 0 spiro atoms. The van der Waals surface area contributed by atoms with Gasteiger partial charge in [0.1, 0.15) is 12.1 Å². The summed E-state index contributed by atoms with van der Waals surface area (Å²) in [5, 5.41) is 5.16. The van der Waals surface area contributed by atoms with Crippen LogP contribution in [0.5, 0.6) is 5.75 Å². The van der Waals surface area contributed by atoms with E-state index in [2.05, 4.69) is 21.0 Å². The van der Waals surface area contributed by atoms with Crippen LogP contribution in [0, 0.1) is 4.77 Å². The highest BCUT2D eigenvalue weighted by Gasteiger charge is 2.20. The van der Waals surface area contributed by atoms with Gasteiger partial charge >= 0.3 is 0 Å². The summed E-state index contributed by atoms with van der Waals surface area (Å²) >= 11 is 11.7. The van der Waals surface area contributed by atoms with Gasteiger partial charge in [-0.3, -0.25) is 9.47 Å². The number of para-hydroxylation sites is 2.